The highest BCUT2D eigenvalue weighted by molar-refractivity contribution is 5.93. The second-order valence-electron chi connectivity index (χ2n) is 6.17. The van der Waals surface area contributed by atoms with Gasteiger partial charge in [0.15, 0.2) is 0 Å². The predicted octanol–water partition coefficient (Wildman–Crippen LogP) is 2.54. The molecule has 1 aromatic rings. The second kappa shape index (κ2) is 5.92. The van der Waals surface area contributed by atoms with Gasteiger partial charge in [-0.1, -0.05) is 12.8 Å². The largest absolute Gasteiger partial charge is 0.481 e. The molecule has 1 amide bonds. The number of piperidine rings is 1. The zero-order chi connectivity index (χ0) is 14.8. The van der Waals surface area contributed by atoms with Gasteiger partial charge in [0.2, 0.25) is 0 Å². The monoisotopic (exact) mass is 290 g/mol. The van der Waals surface area contributed by atoms with Gasteiger partial charge in [0.1, 0.15) is 5.69 Å². The first-order valence-electron chi connectivity index (χ1n) is 7.85. The van der Waals surface area contributed by atoms with Crippen molar-refractivity contribution in [2.24, 2.45) is 5.92 Å². The summed E-state index contributed by atoms with van der Waals surface area (Å²) in [6.45, 7) is 1.00. The average molecular weight is 290 g/mol. The van der Waals surface area contributed by atoms with Crippen LogP contribution in [0.3, 0.4) is 0 Å². The Labute approximate surface area is 124 Å². The normalized spacial score (nSPS) is 23.4. The van der Waals surface area contributed by atoms with Crippen LogP contribution in [0.5, 0.6) is 0 Å². The van der Waals surface area contributed by atoms with E-state index >= 15 is 0 Å². The molecule has 1 aliphatic heterocycles. The fourth-order valence-corrected chi connectivity index (χ4v) is 3.60. The van der Waals surface area contributed by atoms with Crippen molar-refractivity contribution in [2.45, 2.75) is 44.6 Å². The van der Waals surface area contributed by atoms with E-state index in [4.69, 9.17) is 5.11 Å². The lowest BCUT2D eigenvalue weighted by Gasteiger charge is -2.31. The number of hydrogen-bond acceptors (Lipinski definition) is 2. The van der Waals surface area contributed by atoms with E-state index in [0.29, 0.717) is 31.2 Å². The molecule has 0 unspecified atom stereocenters. The molecule has 0 bridgehead atoms. The molecular formula is C16H22N2O3. The first kappa shape index (κ1) is 14.2. The first-order valence-corrected chi connectivity index (χ1v) is 7.85. The molecule has 1 saturated carbocycles. The molecule has 1 aliphatic carbocycles. The van der Waals surface area contributed by atoms with Crippen LogP contribution in [-0.2, 0) is 4.79 Å². The quantitative estimate of drug-likeness (QED) is 0.930. The number of carboxylic acid groups (broad SMARTS) is 1. The van der Waals surface area contributed by atoms with E-state index in [0.717, 1.165) is 19.3 Å². The molecule has 5 nitrogen and oxygen atoms in total. The lowest BCUT2D eigenvalue weighted by molar-refractivity contribution is -0.143. The van der Waals surface area contributed by atoms with Crippen LogP contribution >= 0.6 is 0 Å². The van der Waals surface area contributed by atoms with Gasteiger partial charge in [0, 0.05) is 25.3 Å². The van der Waals surface area contributed by atoms with Crippen molar-refractivity contribution in [3.8, 4) is 0 Å². The molecule has 3 rings (SSSR count). The lowest BCUT2D eigenvalue weighted by Crippen LogP contribution is -2.43. The predicted molar refractivity (Wildman–Crippen MR) is 78.2 cm³/mol. The molecular weight excluding hydrogens is 268 g/mol. The minimum atomic E-state index is -0.793. The number of carbonyl (C=O) groups excluding carboxylic acids is 1. The van der Waals surface area contributed by atoms with Crippen LogP contribution in [0.2, 0.25) is 0 Å². The second-order valence-corrected chi connectivity index (χ2v) is 6.17. The molecule has 1 saturated heterocycles. The van der Waals surface area contributed by atoms with Crippen molar-refractivity contribution < 1.29 is 14.7 Å². The first-order chi connectivity index (χ1) is 10.2. The molecule has 2 aliphatic rings. The summed E-state index contributed by atoms with van der Waals surface area (Å²) < 4.78 is 2.10. The molecule has 114 valence electrons. The van der Waals surface area contributed by atoms with E-state index in [2.05, 4.69) is 4.57 Å². The summed E-state index contributed by atoms with van der Waals surface area (Å²) >= 11 is 0. The SMILES string of the molecule is O=C(O)[C@H]1CCCN(C(=O)c2cccn2C2CCCC2)C1. The smallest absolute Gasteiger partial charge is 0.308 e. The zero-order valence-electron chi connectivity index (χ0n) is 12.2. The number of hydrogen-bond donors (Lipinski definition) is 1. The van der Waals surface area contributed by atoms with E-state index in [9.17, 15) is 9.59 Å². The van der Waals surface area contributed by atoms with Gasteiger partial charge < -0.3 is 14.6 Å². The minimum absolute atomic E-state index is 0.0159. The van der Waals surface area contributed by atoms with Crippen molar-refractivity contribution in [2.75, 3.05) is 13.1 Å². The summed E-state index contributed by atoms with van der Waals surface area (Å²) in [7, 11) is 0. The Hall–Kier alpha value is -1.78. The van der Waals surface area contributed by atoms with Crippen LogP contribution in [0.1, 0.15) is 55.1 Å². The van der Waals surface area contributed by atoms with E-state index in [1.807, 2.05) is 18.3 Å². The van der Waals surface area contributed by atoms with Crippen molar-refractivity contribution >= 4 is 11.9 Å². The van der Waals surface area contributed by atoms with Gasteiger partial charge >= 0.3 is 5.97 Å². The van der Waals surface area contributed by atoms with Crippen molar-refractivity contribution in [1.29, 1.82) is 0 Å². The molecule has 5 heteroatoms. The molecule has 0 aromatic carbocycles. The minimum Gasteiger partial charge on any atom is -0.481 e. The number of aromatic nitrogens is 1. The van der Waals surface area contributed by atoms with Crippen LogP contribution in [0, 0.1) is 5.92 Å². The number of rotatable bonds is 3. The number of nitrogens with zero attached hydrogens (tertiary/aromatic N) is 2. The Balaban J connectivity index is 1.76. The Kier molecular flexibility index (Phi) is 3.99. The molecule has 21 heavy (non-hydrogen) atoms. The number of amides is 1. The molecule has 1 atom stereocenters. The summed E-state index contributed by atoms with van der Waals surface area (Å²) in [6.07, 6.45) is 8.14. The van der Waals surface area contributed by atoms with Crippen molar-refractivity contribution in [3.05, 3.63) is 24.0 Å². The Morgan fingerprint density at radius 3 is 2.62 bits per heavy atom. The number of carbonyl (C=O) groups is 2. The highest BCUT2D eigenvalue weighted by Gasteiger charge is 2.30. The number of carboxylic acids is 1. The van der Waals surface area contributed by atoms with Gasteiger partial charge in [0.05, 0.1) is 5.92 Å². The molecule has 1 aromatic heterocycles. The molecule has 1 N–H and O–H groups in total. The standard InChI is InChI=1S/C16H22N2O3/c19-15(17-9-3-5-12(11-17)16(20)21)14-8-4-10-18(14)13-6-1-2-7-13/h4,8,10,12-13H,1-3,5-7,9,11H2,(H,20,21)/t12-/m0/s1. The van der Waals surface area contributed by atoms with Crippen LogP contribution < -0.4 is 0 Å². The van der Waals surface area contributed by atoms with Crippen LogP contribution in [0.25, 0.3) is 0 Å². The molecule has 0 radical (unpaired) electrons. The Bertz CT molecular complexity index is 531. The van der Waals surface area contributed by atoms with Crippen molar-refractivity contribution in [1.82, 2.24) is 9.47 Å². The Morgan fingerprint density at radius 1 is 1.14 bits per heavy atom. The van der Waals surface area contributed by atoms with Gasteiger partial charge in [-0.2, -0.15) is 0 Å². The number of aliphatic carboxylic acids is 1. The fraction of sp³-hybridized carbons (Fsp3) is 0.625. The Morgan fingerprint density at radius 2 is 1.90 bits per heavy atom. The van der Waals surface area contributed by atoms with Crippen molar-refractivity contribution in [3.63, 3.8) is 0 Å². The average Bonchev–Trinajstić information content (AvgIpc) is 3.17. The third-order valence-electron chi connectivity index (χ3n) is 4.77. The van der Waals surface area contributed by atoms with E-state index in [-0.39, 0.29) is 5.91 Å². The molecule has 2 fully saturated rings. The van der Waals surface area contributed by atoms with Crippen LogP contribution in [-0.4, -0.2) is 39.5 Å². The van der Waals surface area contributed by atoms with Gasteiger partial charge in [-0.3, -0.25) is 9.59 Å². The van der Waals surface area contributed by atoms with E-state index in [1.54, 1.807) is 4.90 Å². The van der Waals surface area contributed by atoms with Gasteiger partial charge in [-0.05, 0) is 37.8 Å². The van der Waals surface area contributed by atoms with Gasteiger partial charge in [-0.25, -0.2) is 0 Å². The van der Waals surface area contributed by atoms with Crippen LogP contribution in [0.15, 0.2) is 18.3 Å². The van der Waals surface area contributed by atoms with Crippen LogP contribution in [0.4, 0.5) is 0 Å². The molecule has 0 spiro atoms. The maximum atomic E-state index is 12.7. The highest BCUT2D eigenvalue weighted by Crippen LogP contribution is 2.31. The third kappa shape index (κ3) is 2.82. The highest BCUT2D eigenvalue weighted by atomic mass is 16.4. The maximum absolute atomic E-state index is 12.7. The summed E-state index contributed by atoms with van der Waals surface area (Å²) in [4.78, 5) is 25.6. The zero-order valence-corrected chi connectivity index (χ0v) is 12.2. The fourth-order valence-electron chi connectivity index (χ4n) is 3.60. The topological polar surface area (TPSA) is 62.5 Å². The summed E-state index contributed by atoms with van der Waals surface area (Å²) in [6, 6.07) is 4.22. The summed E-state index contributed by atoms with van der Waals surface area (Å²) in [5.74, 6) is -1.23. The van der Waals surface area contributed by atoms with E-state index < -0.39 is 11.9 Å². The third-order valence-corrected chi connectivity index (χ3v) is 4.77. The van der Waals surface area contributed by atoms with Gasteiger partial charge in [0.25, 0.3) is 5.91 Å². The maximum Gasteiger partial charge on any atom is 0.308 e. The number of likely N-dealkylation sites (tertiary alicyclic amines) is 1. The van der Waals surface area contributed by atoms with E-state index in [1.165, 1.54) is 12.8 Å². The lowest BCUT2D eigenvalue weighted by atomic mass is 9.98. The summed E-state index contributed by atoms with van der Waals surface area (Å²) in [5, 5.41) is 9.15. The van der Waals surface area contributed by atoms with Gasteiger partial charge in [-0.15, -0.1) is 0 Å². The summed E-state index contributed by atoms with van der Waals surface area (Å²) in [5.41, 5.74) is 0.716. The molecule has 2 heterocycles.